The van der Waals surface area contributed by atoms with Gasteiger partial charge in [-0.2, -0.15) is 5.10 Å². The second-order valence-electron chi connectivity index (χ2n) is 8.19. The van der Waals surface area contributed by atoms with E-state index < -0.39 is 17.1 Å². The number of pyridine rings is 1. The third-order valence-electron chi connectivity index (χ3n) is 5.85. The number of fused-ring (bicyclic) bond motifs is 2. The number of hydrogen-bond donors (Lipinski definition) is 0. The lowest BCUT2D eigenvalue weighted by atomic mass is 10.0. The van der Waals surface area contributed by atoms with Gasteiger partial charge in [-0.05, 0) is 37.6 Å². The highest BCUT2D eigenvalue weighted by Crippen LogP contribution is 2.34. The predicted octanol–water partition coefficient (Wildman–Crippen LogP) is 4.54. The normalized spacial score (nSPS) is 16.0. The van der Waals surface area contributed by atoms with Gasteiger partial charge in [0.05, 0.1) is 23.4 Å². The summed E-state index contributed by atoms with van der Waals surface area (Å²) < 4.78 is 35.9. The molecule has 1 aliphatic heterocycles. The summed E-state index contributed by atoms with van der Waals surface area (Å²) in [5.74, 6) is -1.28. The molecule has 1 aromatic carbocycles. The van der Waals surface area contributed by atoms with Crippen molar-refractivity contribution in [3.05, 3.63) is 76.0 Å². The first-order valence-electron chi connectivity index (χ1n) is 10.7. The van der Waals surface area contributed by atoms with Gasteiger partial charge in [-0.1, -0.05) is 0 Å². The van der Waals surface area contributed by atoms with E-state index in [0.29, 0.717) is 17.2 Å². The average Bonchev–Trinajstić information content (AvgIpc) is 3.50. The zero-order valence-corrected chi connectivity index (χ0v) is 18.8. The van der Waals surface area contributed by atoms with Crippen molar-refractivity contribution in [2.75, 3.05) is 13.2 Å². The minimum atomic E-state index is -0.824. The number of benzene rings is 1. The van der Waals surface area contributed by atoms with E-state index >= 15 is 0 Å². The van der Waals surface area contributed by atoms with Crippen LogP contribution in [0.3, 0.4) is 0 Å². The Morgan fingerprint density at radius 2 is 2.03 bits per heavy atom. The van der Waals surface area contributed by atoms with E-state index in [1.165, 1.54) is 28.3 Å². The molecule has 170 valence electrons. The van der Waals surface area contributed by atoms with Crippen LogP contribution in [0.4, 0.5) is 8.78 Å². The van der Waals surface area contributed by atoms with Gasteiger partial charge in [0.15, 0.2) is 22.7 Å². The fraction of sp³-hybridized carbons (Fsp3) is 0.208. The Bertz CT molecular complexity index is 1640. The molecule has 0 unspecified atom stereocenters. The molecule has 0 N–H and O–H groups in total. The van der Waals surface area contributed by atoms with Crippen molar-refractivity contribution in [3.63, 3.8) is 0 Å². The van der Waals surface area contributed by atoms with Crippen LogP contribution in [0.25, 0.3) is 37.5 Å². The van der Waals surface area contributed by atoms with E-state index in [-0.39, 0.29) is 28.5 Å². The van der Waals surface area contributed by atoms with Crippen LogP contribution in [0.1, 0.15) is 23.7 Å². The number of ether oxygens (including phenoxy) is 1. The van der Waals surface area contributed by atoms with Gasteiger partial charge in [0.1, 0.15) is 11.5 Å². The molecule has 1 atom stereocenters. The van der Waals surface area contributed by atoms with Gasteiger partial charge in [-0.3, -0.25) is 9.78 Å². The third-order valence-corrected chi connectivity index (χ3v) is 6.95. The highest BCUT2D eigenvalue weighted by atomic mass is 32.1. The summed E-state index contributed by atoms with van der Waals surface area (Å²) in [6, 6.07) is 7.02. The van der Waals surface area contributed by atoms with Gasteiger partial charge in [-0.15, -0.1) is 11.3 Å². The molecule has 1 saturated heterocycles. The molecule has 0 bridgehead atoms. The standard InChI is InChI=1S/C24H17F2N5O2S/c1-12-9-28-24-22(29-12)23(32)21(30-31(24)18-3-2-15(25)7-16(18)26)20-6-14-10-27-17(8-19(14)34-20)13-4-5-33-11-13/h2-3,6-10,13H,4-5,11H2,1H3/t13-/m1/s1. The van der Waals surface area contributed by atoms with Crippen LogP contribution in [0, 0.1) is 18.6 Å². The molecule has 4 aromatic heterocycles. The molecule has 0 aliphatic carbocycles. The average molecular weight is 477 g/mol. The zero-order valence-electron chi connectivity index (χ0n) is 18.0. The highest BCUT2D eigenvalue weighted by Gasteiger charge is 2.22. The minimum absolute atomic E-state index is 0.0305. The summed E-state index contributed by atoms with van der Waals surface area (Å²) in [4.78, 5) is 27.2. The second kappa shape index (κ2) is 8.00. The van der Waals surface area contributed by atoms with Crippen LogP contribution in [-0.2, 0) is 4.74 Å². The molecule has 0 saturated carbocycles. The Hall–Kier alpha value is -3.63. The van der Waals surface area contributed by atoms with Crippen molar-refractivity contribution in [2.45, 2.75) is 19.3 Å². The Labute approximate surface area is 195 Å². The van der Waals surface area contributed by atoms with Crippen LogP contribution in [0.5, 0.6) is 0 Å². The summed E-state index contributed by atoms with van der Waals surface area (Å²) in [6.07, 6.45) is 4.18. The highest BCUT2D eigenvalue weighted by molar-refractivity contribution is 7.22. The number of rotatable bonds is 3. The fourth-order valence-electron chi connectivity index (χ4n) is 4.12. The number of aromatic nitrogens is 5. The molecule has 0 radical (unpaired) electrons. The summed E-state index contributed by atoms with van der Waals surface area (Å²) in [5.41, 5.74) is 1.33. The van der Waals surface area contributed by atoms with Gasteiger partial charge < -0.3 is 4.74 Å². The first-order valence-corrected chi connectivity index (χ1v) is 11.5. The predicted molar refractivity (Wildman–Crippen MR) is 124 cm³/mol. The van der Waals surface area contributed by atoms with E-state index in [2.05, 4.69) is 20.1 Å². The molecular formula is C24H17F2N5O2S. The molecule has 1 aliphatic rings. The maximum absolute atomic E-state index is 14.7. The number of hydrogen-bond acceptors (Lipinski definition) is 7. The minimum Gasteiger partial charge on any atom is -0.381 e. The lowest BCUT2D eigenvalue weighted by Gasteiger charge is -2.11. The van der Waals surface area contributed by atoms with Crippen molar-refractivity contribution >= 4 is 32.6 Å². The van der Waals surface area contributed by atoms with E-state index in [9.17, 15) is 13.6 Å². The number of nitrogens with zero attached hydrogens (tertiary/aromatic N) is 5. The topological polar surface area (TPSA) is 82.8 Å². The lowest BCUT2D eigenvalue weighted by molar-refractivity contribution is 0.193. The summed E-state index contributed by atoms with van der Waals surface area (Å²) >= 11 is 1.40. The summed E-state index contributed by atoms with van der Waals surface area (Å²) in [6.45, 7) is 3.09. The van der Waals surface area contributed by atoms with E-state index in [0.717, 1.165) is 40.9 Å². The largest absolute Gasteiger partial charge is 0.381 e. The Kier molecular flexibility index (Phi) is 4.93. The van der Waals surface area contributed by atoms with Crippen LogP contribution in [0.2, 0.25) is 0 Å². The molecule has 5 aromatic rings. The molecule has 6 rings (SSSR count). The first-order chi connectivity index (χ1) is 16.5. The Morgan fingerprint density at radius 3 is 2.82 bits per heavy atom. The summed E-state index contributed by atoms with van der Waals surface area (Å²) in [5, 5.41) is 5.34. The van der Waals surface area contributed by atoms with Crippen molar-refractivity contribution in [1.29, 1.82) is 0 Å². The smallest absolute Gasteiger partial charge is 0.236 e. The molecule has 1 fully saturated rings. The number of aryl methyl sites for hydroxylation is 1. The van der Waals surface area contributed by atoms with Crippen LogP contribution in [0.15, 0.2) is 47.5 Å². The molecule has 34 heavy (non-hydrogen) atoms. The number of thiophene rings is 1. The van der Waals surface area contributed by atoms with Crippen LogP contribution in [-0.4, -0.2) is 37.9 Å². The Morgan fingerprint density at radius 1 is 1.15 bits per heavy atom. The van der Waals surface area contributed by atoms with Crippen molar-refractivity contribution in [2.24, 2.45) is 0 Å². The summed E-state index contributed by atoms with van der Waals surface area (Å²) in [7, 11) is 0. The molecule has 10 heteroatoms. The van der Waals surface area contributed by atoms with Gasteiger partial charge in [0.25, 0.3) is 0 Å². The molecule has 0 spiro atoms. The quantitative estimate of drug-likeness (QED) is 0.379. The monoisotopic (exact) mass is 477 g/mol. The van der Waals surface area contributed by atoms with Crippen molar-refractivity contribution in [3.8, 4) is 16.3 Å². The second-order valence-corrected chi connectivity index (χ2v) is 9.27. The molecule has 7 nitrogen and oxygen atoms in total. The molecule has 0 amide bonds. The Balaban J connectivity index is 1.57. The zero-order chi connectivity index (χ0) is 23.4. The maximum Gasteiger partial charge on any atom is 0.236 e. The van der Waals surface area contributed by atoms with E-state index in [1.54, 1.807) is 13.1 Å². The van der Waals surface area contributed by atoms with E-state index in [4.69, 9.17) is 4.74 Å². The first kappa shape index (κ1) is 20.9. The maximum atomic E-state index is 14.7. The van der Waals surface area contributed by atoms with Gasteiger partial charge in [0.2, 0.25) is 5.43 Å². The van der Waals surface area contributed by atoms with Gasteiger partial charge >= 0.3 is 0 Å². The van der Waals surface area contributed by atoms with Gasteiger partial charge in [0, 0.05) is 40.6 Å². The van der Waals surface area contributed by atoms with Crippen LogP contribution < -0.4 is 5.43 Å². The number of halogens is 2. The van der Waals surface area contributed by atoms with Crippen molar-refractivity contribution < 1.29 is 13.5 Å². The third kappa shape index (κ3) is 3.46. The van der Waals surface area contributed by atoms with Gasteiger partial charge in [-0.25, -0.2) is 23.4 Å². The fourth-order valence-corrected chi connectivity index (χ4v) is 5.18. The SMILES string of the molecule is Cc1cnc2c(n1)c(=O)c(-c1cc3cnc([C@@H]4CCOC4)cc3s1)nn2-c1ccc(F)cc1F. The molecule has 5 heterocycles. The van der Waals surface area contributed by atoms with E-state index in [1.807, 2.05) is 12.1 Å². The lowest BCUT2D eigenvalue weighted by Crippen LogP contribution is -2.18. The van der Waals surface area contributed by atoms with Crippen LogP contribution >= 0.6 is 11.3 Å². The molecular weight excluding hydrogens is 460 g/mol. The van der Waals surface area contributed by atoms with Crippen molar-refractivity contribution in [1.82, 2.24) is 24.7 Å².